The first-order chi connectivity index (χ1) is 14.9. The minimum atomic E-state index is -3.69. The number of benzene rings is 1. The van der Waals surface area contributed by atoms with E-state index in [0.29, 0.717) is 11.5 Å². The second kappa shape index (κ2) is 13.2. The topological polar surface area (TPSA) is 46.2 Å². The number of alkyl halides is 1. The predicted molar refractivity (Wildman–Crippen MR) is 129 cm³/mol. The van der Waals surface area contributed by atoms with Gasteiger partial charge in [0.05, 0.1) is 18.0 Å². The third-order valence-corrected chi connectivity index (χ3v) is 7.71. The molecule has 174 valence electrons. The van der Waals surface area contributed by atoms with Gasteiger partial charge in [0.1, 0.15) is 6.20 Å². The van der Waals surface area contributed by atoms with E-state index in [0.717, 1.165) is 24.9 Å². The smallest absolute Gasteiger partial charge is 0.229 e. The molecule has 0 amide bonds. The van der Waals surface area contributed by atoms with Crippen molar-refractivity contribution in [2.45, 2.75) is 83.6 Å². The quantitative estimate of drug-likeness (QED) is 0.189. The first kappa shape index (κ1) is 25.9. The van der Waals surface area contributed by atoms with Crippen LogP contribution in [0.15, 0.2) is 36.5 Å². The number of aryl methyl sites for hydroxylation is 1. The van der Waals surface area contributed by atoms with Gasteiger partial charge in [-0.05, 0) is 25.0 Å². The number of imidazole rings is 1. The highest BCUT2D eigenvalue weighted by Crippen LogP contribution is 2.23. The van der Waals surface area contributed by atoms with Crippen LogP contribution in [0, 0.1) is 0 Å². The van der Waals surface area contributed by atoms with Gasteiger partial charge >= 0.3 is 16.0 Å². The maximum Gasteiger partial charge on any atom is 0.380 e. The van der Waals surface area contributed by atoms with Gasteiger partial charge in [0.2, 0.25) is 0 Å². The molecule has 31 heavy (non-hydrogen) atoms. The zero-order valence-electron chi connectivity index (χ0n) is 19.4. The summed E-state index contributed by atoms with van der Waals surface area (Å²) in [4.78, 5) is 0. The monoisotopic (exact) mass is 468 g/mol. The summed E-state index contributed by atoms with van der Waals surface area (Å²) < 4.78 is 30.8. The Morgan fingerprint density at radius 3 is 1.97 bits per heavy atom. The van der Waals surface area contributed by atoms with Crippen LogP contribution in [-0.2, 0) is 22.6 Å². The minimum absolute atomic E-state index is 0.137. The Bertz CT molecular complexity index is 880. The van der Waals surface area contributed by atoms with Gasteiger partial charge in [-0.1, -0.05) is 76.5 Å². The van der Waals surface area contributed by atoms with Crippen molar-refractivity contribution in [1.29, 1.82) is 0 Å². The lowest BCUT2D eigenvalue weighted by Gasteiger charge is -2.11. The summed E-state index contributed by atoms with van der Waals surface area (Å²) >= 11 is 6.16. The summed E-state index contributed by atoms with van der Waals surface area (Å²) in [5.74, 6) is 0.804. The highest BCUT2D eigenvalue weighted by Gasteiger charge is 2.34. The largest absolute Gasteiger partial charge is 0.380 e. The molecule has 1 aromatic carbocycles. The number of hydrogen-bond donors (Lipinski definition) is 0. The summed E-state index contributed by atoms with van der Waals surface area (Å²) in [6.07, 6.45) is 14.6. The van der Waals surface area contributed by atoms with E-state index >= 15 is 0 Å². The third-order valence-electron chi connectivity index (χ3n) is 5.64. The second-order valence-electron chi connectivity index (χ2n) is 8.37. The molecule has 0 saturated heterocycles. The average molecular weight is 469 g/mol. The predicted octanol–water partition coefficient (Wildman–Crippen LogP) is 5.76. The van der Waals surface area contributed by atoms with Crippen LogP contribution < -0.4 is 4.57 Å². The summed E-state index contributed by atoms with van der Waals surface area (Å²) in [6, 6.07) is 9.70. The van der Waals surface area contributed by atoms with Gasteiger partial charge in [-0.15, -0.1) is 15.6 Å². The summed E-state index contributed by atoms with van der Waals surface area (Å²) in [5, 5.41) is 0. The molecule has 0 atom stereocenters. The van der Waals surface area contributed by atoms with Crippen LogP contribution in [0.1, 0.15) is 76.8 Å². The number of unbranched alkanes of at least 4 members (excludes halogenated alkanes) is 9. The van der Waals surface area contributed by atoms with E-state index in [1.54, 1.807) is 14.1 Å². The molecule has 0 aliphatic carbocycles. The molecule has 2 rings (SSSR count). The van der Waals surface area contributed by atoms with Crippen molar-refractivity contribution in [1.82, 2.24) is 8.28 Å². The van der Waals surface area contributed by atoms with Crippen LogP contribution in [0.25, 0.3) is 11.4 Å². The molecule has 0 aliphatic rings. The molecule has 2 aromatic rings. The molecule has 0 fully saturated rings. The zero-order chi connectivity index (χ0) is 22.7. The van der Waals surface area contributed by atoms with E-state index < -0.39 is 10.2 Å². The summed E-state index contributed by atoms with van der Waals surface area (Å²) in [5.41, 5.74) is 1.46. The number of aromatic nitrogens is 2. The second-order valence-corrected chi connectivity index (χ2v) is 10.6. The van der Waals surface area contributed by atoms with E-state index in [4.69, 9.17) is 11.6 Å². The van der Waals surface area contributed by atoms with Crippen molar-refractivity contribution >= 4 is 21.8 Å². The fourth-order valence-electron chi connectivity index (χ4n) is 3.87. The van der Waals surface area contributed by atoms with Gasteiger partial charge in [0.25, 0.3) is 0 Å². The lowest BCUT2D eigenvalue weighted by Crippen LogP contribution is -2.37. The number of hydrogen-bond acceptors (Lipinski definition) is 2. The van der Waals surface area contributed by atoms with Gasteiger partial charge in [-0.2, -0.15) is 12.7 Å². The first-order valence-electron chi connectivity index (χ1n) is 11.6. The molecule has 0 radical (unpaired) electrons. The van der Waals surface area contributed by atoms with Crippen molar-refractivity contribution < 1.29 is 13.0 Å². The van der Waals surface area contributed by atoms with Crippen LogP contribution >= 0.6 is 11.6 Å². The Morgan fingerprint density at radius 2 is 1.45 bits per heavy atom. The van der Waals surface area contributed by atoms with E-state index in [-0.39, 0.29) is 5.88 Å². The molecule has 1 heterocycles. The van der Waals surface area contributed by atoms with E-state index in [1.807, 2.05) is 36.5 Å². The molecule has 0 unspecified atom stereocenters. The molecule has 0 spiro atoms. The number of nitrogens with zero attached hydrogens (tertiary/aromatic N) is 3. The van der Waals surface area contributed by atoms with Crippen LogP contribution in [0.2, 0.25) is 0 Å². The van der Waals surface area contributed by atoms with E-state index in [9.17, 15) is 8.42 Å². The van der Waals surface area contributed by atoms with E-state index in [2.05, 4.69) is 11.5 Å². The lowest BCUT2D eigenvalue weighted by molar-refractivity contribution is -0.685. The number of rotatable bonds is 15. The Kier molecular flexibility index (Phi) is 11.1. The van der Waals surface area contributed by atoms with Crippen LogP contribution in [0.4, 0.5) is 0 Å². The summed E-state index contributed by atoms with van der Waals surface area (Å²) in [6.45, 7) is 3.03. The molecule has 0 N–H and O–H groups in total. The fraction of sp³-hybridized carbons (Fsp3) is 0.625. The molecule has 0 saturated carbocycles. The number of halogens is 1. The van der Waals surface area contributed by atoms with Gasteiger partial charge < -0.3 is 0 Å². The third kappa shape index (κ3) is 7.33. The summed E-state index contributed by atoms with van der Waals surface area (Å²) in [7, 11) is -0.585. The van der Waals surface area contributed by atoms with Crippen LogP contribution in [-0.4, -0.2) is 30.8 Å². The van der Waals surface area contributed by atoms with Gasteiger partial charge in [-0.25, -0.2) is 4.57 Å². The van der Waals surface area contributed by atoms with Crippen LogP contribution in [0.3, 0.4) is 0 Å². The maximum absolute atomic E-state index is 13.1. The molecule has 1 aromatic heterocycles. The Labute approximate surface area is 194 Å². The lowest BCUT2D eigenvalue weighted by atomic mass is 10.1. The first-order valence-corrected chi connectivity index (χ1v) is 13.5. The van der Waals surface area contributed by atoms with Gasteiger partial charge in [0.15, 0.2) is 5.69 Å². The van der Waals surface area contributed by atoms with Crippen LogP contribution in [0.5, 0.6) is 0 Å². The van der Waals surface area contributed by atoms with E-state index in [1.165, 1.54) is 59.6 Å². The zero-order valence-corrected chi connectivity index (χ0v) is 21.0. The molecular weight excluding hydrogens is 430 g/mol. The molecule has 5 nitrogen and oxygen atoms in total. The SMILES string of the molecule is CCCCCCCCCCCC[n+]1cc(CCl)n(S(=O)(=O)N(C)C)c1-c1ccccc1. The highest BCUT2D eigenvalue weighted by molar-refractivity contribution is 7.87. The molecular formula is C24H39ClN3O2S+. The van der Waals surface area contributed by atoms with Crippen molar-refractivity contribution in [3.05, 3.63) is 42.2 Å². The highest BCUT2D eigenvalue weighted by atomic mass is 35.5. The Morgan fingerprint density at radius 1 is 0.903 bits per heavy atom. The van der Waals surface area contributed by atoms with Crippen molar-refractivity contribution in [3.8, 4) is 11.4 Å². The molecule has 0 bridgehead atoms. The molecule has 7 heteroatoms. The Balaban J connectivity index is 2.07. The average Bonchev–Trinajstić information content (AvgIpc) is 3.15. The molecule has 0 aliphatic heterocycles. The van der Waals surface area contributed by atoms with Crippen molar-refractivity contribution in [3.63, 3.8) is 0 Å². The normalized spacial score (nSPS) is 12.0. The van der Waals surface area contributed by atoms with Gasteiger partial charge in [-0.3, -0.25) is 0 Å². The standard InChI is InChI=1S/C24H39ClN3O2S/c1-4-5-6-7-8-9-10-11-12-16-19-27-21-23(20-25)28(31(29,30)26(2)3)24(27)22-17-14-13-15-18-22/h13-15,17-18,21H,4-12,16,19-20H2,1-3H3/q+1. The maximum atomic E-state index is 13.1. The minimum Gasteiger partial charge on any atom is -0.229 e. The van der Waals surface area contributed by atoms with Crippen molar-refractivity contribution in [2.24, 2.45) is 0 Å². The Hall–Kier alpha value is -1.37. The fourth-order valence-corrected chi connectivity index (χ4v) is 5.29. The van der Waals surface area contributed by atoms with Crippen molar-refractivity contribution in [2.75, 3.05) is 14.1 Å². The van der Waals surface area contributed by atoms with Gasteiger partial charge in [0, 0.05) is 14.1 Å².